The van der Waals surface area contributed by atoms with Gasteiger partial charge in [-0.1, -0.05) is 45.2 Å². The van der Waals surface area contributed by atoms with Crippen LogP contribution in [0.15, 0.2) is 29.2 Å². The topological polar surface area (TPSA) is 37.3 Å². The van der Waals surface area contributed by atoms with E-state index in [2.05, 4.69) is 38.1 Å². The standard InChI is InChI=1S/C17H24O2S/c1-12(2)13-8-10-14(11-9-13)20-16-7-5-3-4-6-15(16)17(18)19/h8-12,15-16H,3-7H2,1-2H3,(H,18,19). The molecule has 0 aromatic heterocycles. The van der Waals surface area contributed by atoms with E-state index in [1.807, 2.05) is 0 Å². The van der Waals surface area contributed by atoms with Crippen LogP contribution in [0.25, 0.3) is 0 Å². The Kier molecular flexibility index (Phi) is 5.53. The number of hydrogen-bond donors (Lipinski definition) is 1. The summed E-state index contributed by atoms with van der Waals surface area (Å²) in [6, 6.07) is 8.62. The fourth-order valence-electron chi connectivity index (χ4n) is 2.80. The van der Waals surface area contributed by atoms with Crippen LogP contribution in [-0.2, 0) is 4.79 Å². The second kappa shape index (κ2) is 7.16. The summed E-state index contributed by atoms with van der Waals surface area (Å²) in [5.41, 5.74) is 1.34. The molecule has 2 nitrogen and oxygen atoms in total. The van der Waals surface area contributed by atoms with Crippen molar-refractivity contribution in [2.24, 2.45) is 5.92 Å². The third-order valence-electron chi connectivity index (χ3n) is 4.10. The summed E-state index contributed by atoms with van der Waals surface area (Å²) in [4.78, 5) is 12.6. The van der Waals surface area contributed by atoms with Crippen LogP contribution in [0.1, 0.15) is 57.4 Å². The third kappa shape index (κ3) is 4.02. The predicted molar refractivity (Wildman–Crippen MR) is 84.4 cm³/mol. The molecular formula is C17H24O2S. The highest BCUT2D eigenvalue weighted by Crippen LogP contribution is 2.37. The normalized spacial score (nSPS) is 23.6. The molecule has 2 atom stereocenters. The van der Waals surface area contributed by atoms with Crippen molar-refractivity contribution in [1.29, 1.82) is 0 Å². The molecule has 0 radical (unpaired) electrons. The van der Waals surface area contributed by atoms with E-state index in [4.69, 9.17) is 0 Å². The second-order valence-corrected chi connectivity index (χ2v) is 7.28. The van der Waals surface area contributed by atoms with Crippen molar-refractivity contribution in [1.82, 2.24) is 0 Å². The summed E-state index contributed by atoms with van der Waals surface area (Å²) < 4.78 is 0. The predicted octanol–water partition coefficient (Wildman–Crippen LogP) is 4.94. The number of aliphatic carboxylic acids is 1. The smallest absolute Gasteiger partial charge is 0.307 e. The van der Waals surface area contributed by atoms with Gasteiger partial charge in [0.2, 0.25) is 0 Å². The molecule has 1 fully saturated rings. The summed E-state index contributed by atoms with van der Waals surface area (Å²) in [7, 11) is 0. The lowest BCUT2D eigenvalue weighted by molar-refractivity contribution is -0.141. The van der Waals surface area contributed by atoms with E-state index >= 15 is 0 Å². The molecule has 1 aromatic rings. The lowest BCUT2D eigenvalue weighted by Crippen LogP contribution is -2.24. The van der Waals surface area contributed by atoms with Crippen LogP contribution in [0, 0.1) is 5.92 Å². The largest absolute Gasteiger partial charge is 0.481 e. The van der Waals surface area contributed by atoms with E-state index < -0.39 is 5.97 Å². The molecule has 1 aromatic carbocycles. The SMILES string of the molecule is CC(C)c1ccc(SC2CCCCCC2C(=O)O)cc1. The van der Waals surface area contributed by atoms with Gasteiger partial charge in [0.05, 0.1) is 5.92 Å². The quantitative estimate of drug-likeness (QED) is 0.799. The Balaban J connectivity index is 2.07. The van der Waals surface area contributed by atoms with Crippen molar-refractivity contribution in [3.8, 4) is 0 Å². The minimum absolute atomic E-state index is 0.188. The minimum Gasteiger partial charge on any atom is -0.481 e. The van der Waals surface area contributed by atoms with Gasteiger partial charge in [-0.2, -0.15) is 0 Å². The number of benzene rings is 1. The number of carboxylic acid groups (broad SMARTS) is 1. The van der Waals surface area contributed by atoms with Gasteiger partial charge in [-0.3, -0.25) is 4.79 Å². The second-order valence-electron chi connectivity index (χ2n) is 5.96. The lowest BCUT2D eigenvalue weighted by Gasteiger charge is -2.21. The van der Waals surface area contributed by atoms with Crippen LogP contribution in [0.5, 0.6) is 0 Å². The van der Waals surface area contributed by atoms with E-state index in [0.29, 0.717) is 5.92 Å². The highest BCUT2D eigenvalue weighted by atomic mass is 32.2. The van der Waals surface area contributed by atoms with Gasteiger partial charge in [-0.05, 0) is 36.5 Å². The van der Waals surface area contributed by atoms with Gasteiger partial charge >= 0.3 is 5.97 Å². The van der Waals surface area contributed by atoms with Crippen LogP contribution in [-0.4, -0.2) is 16.3 Å². The molecule has 1 N–H and O–H groups in total. The maximum atomic E-state index is 11.4. The van der Waals surface area contributed by atoms with Crippen LogP contribution in [0.2, 0.25) is 0 Å². The van der Waals surface area contributed by atoms with Gasteiger partial charge in [-0.25, -0.2) is 0 Å². The average Bonchev–Trinajstić information content (AvgIpc) is 2.65. The van der Waals surface area contributed by atoms with Crippen molar-refractivity contribution in [2.45, 2.75) is 62.0 Å². The van der Waals surface area contributed by atoms with Gasteiger partial charge in [0.1, 0.15) is 0 Å². The number of carboxylic acids is 1. The molecule has 1 aliphatic rings. The van der Waals surface area contributed by atoms with Crippen LogP contribution < -0.4 is 0 Å². The molecule has 1 saturated carbocycles. The van der Waals surface area contributed by atoms with Crippen molar-refractivity contribution in [2.75, 3.05) is 0 Å². The van der Waals surface area contributed by atoms with E-state index in [-0.39, 0.29) is 11.2 Å². The first-order valence-corrected chi connectivity index (χ1v) is 8.45. The molecule has 3 heteroatoms. The van der Waals surface area contributed by atoms with Gasteiger partial charge < -0.3 is 5.11 Å². The molecule has 0 bridgehead atoms. The van der Waals surface area contributed by atoms with E-state index in [9.17, 15) is 9.90 Å². The Morgan fingerprint density at radius 1 is 1.15 bits per heavy atom. The number of thioether (sulfide) groups is 1. The van der Waals surface area contributed by atoms with Crippen LogP contribution >= 0.6 is 11.8 Å². The lowest BCUT2D eigenvalue weighted by atomic mass is 10.0. The average molecular weight is 292 g/mol. The minimum atomic E-state index is -0.622. The molecule has 20 heavy (non-hydrogen) atoms. The highest BCUT2D eigenvalue weighted by Gasteiger charge is 2.30. The molecule has 110 valence electrons. The van der Waals surface area contributed by atoms with Crippen molar-refractivity contribution >= 4 is 17.7 Å². The molecule has 0 saturated heterocycles. The molecule has 0 heterocycles. The number of rotatable bonds is 4. The van der Waals surface area contributed by atoms with E-state index in [1.54, 1.807) is 11.8 Å². The fourth-order valence-corrected chi connectivity index (χ4v) is 4.15. The summed E-state index contributed by atoms with van der Waals surface area (Å²) in [5.74, 6) is -0.269. The first-order chi connectivity index (χ1) is 9.58. The fraction of sp³-hybridized carbons (Fsp3) is 0.588. The van der Waals surface area contributed by atoms with Gasteiger partial charge in [-0.15, -0.1) is 11.8 Å². The first kappa shape index (κ1) is 15.4. The molecule has 2 rings (SSSR count). The Morgan fingerprint density at radius 2 is 1.80 bits per heavy atom. The third-order valence-corrected chi connectivity index (χ3v) is 5.52. The molecule has 0 aliphatic heterocycles. The first-order valence-electron chi connectivity index (χ1n) is 7.57. The van der Waals surface area contributed by atoms with Gasteiger partial charge in [0.15, 0.2) is 0 Å². The Labute approximate surface area is 126 Å². The monoisotopic (exact) mass is 292 g/mol. The van der Waals surface area contributed by atoms with Gasteiger partial charge in [0.25, 0.3) is 0 Å². The van der Waals surface area contributed by atoms with Crippen molar-refractivity contribution in [3.05, 3.63) is 29.8 Å². The summed E-state index contributed by atoms with van der Waals surface area (Å²) in [5, 5.41) is 9.64. The Morgan fingerprint density at radius 3 is 2.40 bits per heavy atom. The Hall–Kier alpha value is -0.960. The molecule has 2 unspecified atom stereocenters. The van der Waals surface area contributed by atoms with Crippen LogP contribution in [0.4, 0.5) is 0 Å². The maximum Gasteiger partial charge on any atom is 0.307 e. The molecular weight excluding hydrogens is 268 g/mol. The van der Waals surface area contributed by atoms with Crippen molar-refractivity contribution in [3.63, 3.8) is 0 Å². The Bertz CT molecular complexity index is 439. The van der Waals surface area contributed by atoms with E-state index in [0.717, 1.165) is 25.7 Å². The van der Waals surface area contributed by atoms with Gasteiger partial charge in [0, 0.05) is 10.1 Å². The van der Waals surface area contributed by atoms with E-state index in [1.165, 1.54) is 16.9 Å². The molecule has 1 aliphatic carbocycles. The number of carbonyl (C=O) groups is 1. The zero-order valence-corrected chi connectivity index (χ0v) is 13.2. The zero-order valence-electron chi connectivity index (χ0n) is 12.3. The summed E-state index contributed by atoms with van der Waals surface area (Å²) >= 11 is 1.75. The molecule has 0 amide bonds. The van der Waals surface area contributed by atoms with Crippen LogP contribution in [0.3, 0.4) is 0 Å². The maximum absolute atomic E-state index is 11.4. The van der Waals surface area contributed by atoms with Crippen molar-refractivity contribution < 1.29 is 9.90 Å². The number of hydrogen-bond acceptors (Lipinski definition) is 2. The molecule has 0 spiro atoms. The highest BCUT2D eigenvalue weighted by molar-refractivity contribution is 8.00. The summed E-state index contributed by atoms with van der Waals surface area (Å²) in [6.45, 7) is 4.38. The summed E-state index contributed by atoms with van der Waals surface area (Å²) in [6.07, 6.45) is 5.24. The zero-order chi connectivity index (χ0) is 14.5.